The first-order valence-corrected chi connectivity index (χ1v) is 19.2. The Morgan fingerprint density at radius 2 is 0.893 bits per heavy atom. The highest BCUT2D eigenvalue weighted by Crippen LogP contribution is 2.61. The molecule has 0 bridgehead atoms. The highest BCUT2D eigenvalue weighted by Gasteiger charge is 2.50. The SMILES string of the molecule is c1ccc(-c2cc(-c3ccc(-c4ccc5c(c4)C4(c6ccccc6-c6ccccc64)c4cccc6c7ccccc7n-5c46)cc3)nc(-c3ccccc3)n2)cc1. The minimum atomic E-state index is -0.481. The molecule has 2 aromatic heterocycles. The molecule has 0 N–H and O–H groups in total. The van der Waals surface area contributed by atoms with Crippen LogP contribution >= 0.6 is 0 Å². The molecule has 2 aliphatic rings. The predicted octanol–water partition coefficient (Wildman–Crippen LogP) is 12.9. The molecule has 10 aromatic rings. The van der Waals surface area contributed by atoms with Crippen LogP contribution < -0.4 is 0 Å². The summed E-state index contributed by atoms with van der Waals surface area (Å²) in [5.74, 6) is 0.718. The van der Waals surface area contributed by atoms with Crippen LogP contribution in [0, 0.1) is 0 Å². The van der Waals surface area contributed by atoms with E-state index in [1.807, 2.05) is 24.3 Å². The maximum atomic E-state index is 5.10. The van der Waals surface area contributed by atoms with Crippen LogP contribution in [0.1, 0.15) is 22.3 Å². The maximum Gasteiger partial charge on any atom is 0.160 e. The van der Waals surface area contributed by atoms with E-state index in [1.54, 1.807) is 0 Å². The Balaban J connectivity index is 1.06. The summed E-state index contributed by atoms with van der Waals surface area (Å²) >= 11 is 0. The lowest BCUT2D eigenvalue weighted by Crippen LogP contribution is -2.33. The molecule has 3 heterocycles. The third-order valence-electron chi connectivity index (χ3n) is 12.0. The summed E-state index contributed by atoms with van der Waals surface area (Å²) in [5.41, 5.74) is 18.4. The summed E-state index contributed by atoms with van der Waals surface area (Å²) in [4.78, 5) is 10.1. The van der Waals surface area contributed by atoms with Crippen molar-refractivity contribution in [3.63, 3.8) is 0 Å². The van der Waals surface area contributed by atoms with Crippen LogP contribution in [-0.2, 0) is 5.41 Å². The Bertz CT molecular complexity index is 3070. The molecular weight excluding hydrogens is 679 g/mol. The van der Waals surface area contributed by atoms with Gasteiger partial charge in [0.25, 0.3) is 0 Å². The molecule has 0 radical (unpaired) electrons. The van der Waals surface area contributed by atoms with E-state index in [-0.39, 0.29) is 0 Å². The molecule has 12 rings (SSSR count). The lowest BCUT2D eigenvalue weighted by molar-refractivity contribution is 0.749. The zero-order valence-corrected chi connectivity index (χ0v) is 30.4. The second kappa shape index (κ2) is 11.8. The highest BCUT2D eigenvalue weighted by atomic mass is 15.0. The van der Waals surface area contributed by atoms with Crippen molar-refractivity contribution in [2.24, 2.45) is 0 Å². The topological polar surface area (TPSA) is 30.7 Å². The van der Waals surface area contributed by atoms with Crippen LogP contribution in [0.2, 0.25) is 0 Å². The predicted molar refractivity (Wildman–Crippen MR) is 229 cm³/mol. The summed E-state index contributed by atoms with van der Waals surface area (Å²) in [6.07, 6.45) is 0. The Morgan fingerprint density at radius 3 is 1.61 bits per heavy atom. The largest absolute Gasteiger partial charge is 0.309 e. The lowest BCUT2D eigenvalue weighted by Gasteiger charge is -2.40. The molecule has 1 spiro atoms. The summed E-state index contributed by atoms with van der Waals surface area (Å²) in [5, 5.41) is 2.57. The van der Waals surface area contributed by atoms with Gasteiger partial charge < -0.3 is 4.57 Å². The number of aromatic nitrogens is 3. The summed E-state index contributed by atoms with van der Waals surface area (Å²) < 4.78 is 2.51. The van der Waals surface area contributed by atoms with Gasteiger partial charge in [0.15, 0.2) is 5.82 Å². The van der Waals surface area contributed by atoms with Crippen molar-refractivity contribution in [2.75, 3.05) is 0 Å². The van der Waals surface area contributed by atoms with E-state index in [9.17, 15) is 0 Å². The molecule has 0 atom stereocenters. The first-order valence-electron chi connectivity index (χ1n) is 19.2. The molecule has 1 aliphatic carbocycles. The van der Waals surface area contributed by atoms with Crippen molar-refractivity contribution in [3.8, 4) is 61.8 Å². The highest BCUT2D eigenvalue weighted by molar-refractivity contribution is 6.13. The minimum absolute atomic E-state index is 0.481. The fraction of sp³-hybridized carbons (Fsp3) is 0.0189. The fourth-order valence-electron chi connectivity index (χ4n) is 9.64. The van der Waals surface area contributed by atoms with Crippen LogP contribution in [0.25, 0.3) is 83.6 Å². The second-order valence-corrected chi connectivity index (χ2v) is 14.9. The second-order valence-electron chi connectivity index (χ2n) is 14.9. The Labute approximate surface area is 324 Å². The van der Waals surface area contributed by atoms with E-state index in [1.165, 1.54) is 66.4 Å². The third-order valence-corrected chi connectivity index (χ3v) is 12.0. The molecule has 0 fully saturated rings. The number of para-hydroxylation sites is 2. The lowest BCUT2D eigenvalue weighted by atomic mass is 9.65. The Hall–Kier alpha value is -7.36. The van der Waals surface area contributed by atoms with E-state index >= 15 is 0 Å². The minimum Gasteiger partial charge on any atom is -0.309 e. The maximum absolute atomic E-state index is 5.10. The van der Waals surface area contributed by atoms with Crippen molar-refractivity contribution < 1.29 is 0 Å². The number of hydrogen-bond donors (Lipinski definition) is 0. The van der Waals surface area contributed by atoms with Gasteiger partial charge in [-0.3, -0.25) is 0 Å². The van der Waals surface area contributed by atoms with Gasteiger partial charge in [0, 0.05) is 27.5 Å². The van der Waals surface area contributed by atoms with Crippen LogP contribution in [0.3, 0.4) is 0 Å². The third kappa shape index (κ3) is 4.28. The molecule has 0 amide bonds. The number of nitrogens with zero attached hydrogens (tertiary/aromatic N) is 3. The van der Waals surface area contributed by atoms with Crippen molar-refractivity contribution in [1.29, 1.82) is 0 Å². The molecule has 0 unspecified atom stereocenters. The number of rotatable bonds is 4. The van der Waals surface area contributed by atoms with Crippen molar-refractivity contribution in [1.82, 2.24) is 14.5 Å². The van der Waals surface area contributed by atoms with Crippen LogP contribution in [-0.4, -0.2) is 14.5 Å². The number of benzene rings is 8. The molecule has 8 aromatic carbocycles. The van der Waals surface area contributed by atoms with Crippen LogP contribution in [0.5, 0.6) is 0 Å². The van der Waals surface area contributed by atoms with E-state index in [0.717, 1.165) is 39.5 Å². The molecule has 0 saturated carbocycles. The smallest absolute Gasteiger partial charge is 0.160 e. The zero-order valence-electron chi connectivity index (χ0n) is 30.4. The van der Waals surface area contributed by atoms with Gasteiger partial charge in [0.1, 0.15) is 0 Å². The van der Waals surface area contributed by atoms with Gasteiger partial charge in [-0.15, -0.1) is 0 Å². The summed E-state index contributed by atoms with van der Waals surface area (Å²) in [7, 11) is 0. The van der Waals surface area contributed by atoms with E-state index in [0.29, 0.717) is 0 Å². The quantitative estimate of drug-likeness (QED) is 0.182. The van der Waals surface area contributed by atoms with Gasteiger partial charge >= 0.3 is 0 Å². The molecule has 1 aliphatic heterocycles. The molecule has 56 heavy (non-hydrogen) atoms. The number of hydrogen-bond acceptors (Lipinski definition) is 2. The first kappa shape index (κ1) is 31.0. The van der Waals surface area contributed by atoms with E-state index in [2.05, 4.69) is 180 Å². The average Bonchev–Trinajstić information content (AvgIpc) is 3.77. The molecule has 0 saturated heterocycles. The average molecular weight is 712 g/mol. The Kier molecular flexibility index (Phi) is 6.55. The van der Waals surface area contributed by atoms with Gasteiger partial charge in [0.2, 0.25) is 0 Å². The van der Waals surface area contributed by atoms with Gasteiger partial charge in [-0.25, -0.2) is 9.97 Å². The van der Waals surface area contributed by atoms with E-state index in [4.69, 9.17) is 9.97 Å². The van der Waals surface area contributed by atoms with Gasteiger partial charge in [-0.1, -0.05) is 176 Å². The van der Waals surface area contributed by atoms with Gasteiger partial charge in [-0.05, 0) is 68.8 Å². The first-order chi connectivity index (χ1) is 27.8. The van der Waals surface area contributed by atoms with Crippen LogP contribution in [0.4, 0.5) is 0 Å². The standard InChI is InChI=1S/C53H33N3/c1-3-14-35(15-4-1)47-33-48(55-52(54-47)37-16-5-2-6-17-37)36-28-26-34(27-29-36)38-30-31-50-46(32-38)53(43-22-10-7-18-39(43)40-19-8-11-23-44(40)53)45-24-13-21-42-41-20-9-12-25-49(41)56(50)51(42)45/h1-33H. The molecule has 3 heteroatoms. The number of fused-ring (bicyclic) bond motifs is 12. The van der Waals surface area contributed by atoms with Crippen molar-refractivity contribution in [3.05, 3.63) is 222 Å². The molecule has 3 nitrogen and oxygen atoms in total. The fourth-order valence-corrected chi connectivity index (χ4v) is 9.64. The van der Waals surface area contributed by atoms with Gasteiger partial charge in [-0.2, -0.15) is 0 Å². The normalized spacial score (nSPS) is 13.1. The molecule has 260 valence electrons. The van der Waals surface area contributed by atoms with Gasteiger partial charge in [0.05, 0.1) is 33.5 Å². The monoisotopic (exact) mass is 711 g/mol. The zero-order chi connectivity index (χ0) is 36.8. The van der Waals surface area contributed by atoms with Crippen LogP contribution in [0.15, 0.2) is 200 Å². The van der Waals surface area contributed by atoms with E-state index < -0.39 is 5.41 Å². The summed E-state index contributed by atoms with van der Waals surface area (Å²) in [6, 6.07) is 72.6. The van der Waals surface area contributed by atoms with Crippen molar-refractivity contribution in [2.45, 2.75) is 5.41 Å². The summed E-state index contributed by atoms with van der Waals surface area (Å²) in [6.45, 7) is 0. The Morgan fingerprint density at radius 1 is 0.357 bits per heavy atom. The molecular formula is C53H33N3. The van der Waals surface area contributed by atoms with Crippen molar-refractivity contribution >= 4 is 21.8 Å².